The Morgan fingerprint density at radius 3 is 2.93 bits per heavy atom. The van der Waals surface area contributed by atoms with Crippen LogP contribution in [-0.2, 0) is 6.42 Å². The predicted octanol–water partition coefficient (Wildman–Crippen LogP) is 2.76. The standard InChI is InChI=1S/C13H19N/c1-9-6-7-11-4-3-5-12(10(2)14)13(11)8-9/h6-8,10,12H,3-5,14H2,1-2H3. The van der Waals surface area contributed by atoms with Crippen molar-refractivity contribution in [2.45, 2.75) is 45.1 Å². The summed E-state index contributed by atoms with van der Waals surface area (Å²) >= 11 is 0. The fourth-order valence-corrected chi connectivity index (χ4v) is 2.50. The zero-order valence-electron chi connectivity index (χ0n) is 9.09. The lowest BCUT2D eigenvalue weighted by Crippen LogP contribution is -2.27. The molecule has 0 saturated carbocycles. The summed E-state index contributed by atoms with van der Waals surface area (Å²) in [5.74, 6) is 0.582. The van der Waals surface area contributed by atoms with Crippen molar-refractivity contribution in [2.24, 2.45) is 5.73 Å². The number of benzene rings is 1. The summed E-state index contributed by atoms with van der Waals surface area (Å²) in [4.78, 5) is 0. The van der Waals surface area contributed by atoms with Crippen LogP contribution in [0.4, 0.5) is 0 Å². The molecule has 0 spiro atoms. The van der Waals surface area contributed by atoms with Crippen LogP contribution in [-0.4, -0.2) is 6.04 Å². The minimum absolute atomic E-state index is 0.288. The molecule has 14 heavy (non-hydrogen) atoms. The lowest BCUT2D eigenvalue weighted by atomic mass is 9.79. The Hall–Kier alpha value is -0.820. The molecular formula is C13H19N. The first-order chi connectivity index (χ1) is 6.68. The molecule has 0 saturated heterocycles. The molecule has 2 unspecified atom stereocenters. The molecule has 1 aromatic carbocycles. The van der Waals surface area contributed by atoms with Gasteiger partial charge in [0.05, 0.1) is 0 Å². The highest BCUT2D eigenvalue weighted by atomic mass is 14.6. The van der Waals surface area contributed by atoms with Gasteiger partial charge in [-0.15, -0.1) is 0 Å². The van der Waals surface area contributed by atoms with Crippen molar-refractivity contribution < 1.29 is 0 Å². The Balaban J connectivity index is 2.41. The second kappa shape index (κ2) is 3.74. The van der Waals surface area contributed by atoms with Crippen LogP contribution < -0.4 is 5.73 Å². The molecule has 76 valence electrons. The highest BCUT2D eigenvalue weighted by Gasteiger charge is 2.22. The molecule has 0 fully saturated rings. The van der Waals surface area contributed by atoms with Crippen LogP contribution in [0.1, 0.15) is 42.4 Å². The molecule has 0 bridgehead atoms. The van der Waals surface area contributed by atoms with Crippen LogP contribution in [0.5, 0.6) is 0 Å². The van der Waals surface area contributed by atoms with E-state index in [4.69, 9.17) is 5.73 Å². The van der Waals surface area contributed by atoms with Crippen molar-refractivity contribution in [3.8, 4) is 0 Å². The van der Waals surface area contributed by atoms with E-state index in [1.54, 1.807) is 0 Å². The summed E-state index contributed by atoms with van der Waals surface area (Å²) in [5, 5.41) is 0. The van der Waals surface area contributed by atoms with E-state index in [0.29, 0.717) is 5.92 Å². The van der Waals surface area contributed by atoms with Crippen LogP contribution in [0.3, 0.4) is 0 Å². The second-order valence-corrected chi connectivity index (χ2v) is 4.56. The summed E-state index contributed by atoms with van der Waals surface area (Å²) in [6, 6.07) is 7.10. The molecule has 2 atom stereocenters. The van der Waals surface area contributed by atoms with Gasteiger partial charge in [0.2, 0.25) is 0 Å². The number of nitrogens with two attached hydrogens (primary N) is 1. The van der Waals surface area contributed by atoms with Gasteiger partial charge < -0.3 is 5.73 Å². The summed E-state index contributed by atoms with van der Waals surface area (Å²) < 4.78 is 0. The average molecular weight is 189 g/mol. The smallest absolute Gasteiger partial charge is 0.00794 e. The van der Waals surface area contributed by atoms with Gasteiger partial charge >= 0.3 is 0 Å². The molecular weight excluding hydrogens is 170 g/mol. The maximum absolute atomic E-state index is 6.03. The van der Waals surface area contributed by atoms with Crippen molar-refractivity contribution in [2.75, 3.05) is 0 Å². The van der Waals surface area contributed by atoms with E-state index in [2.05, 4.69) is 32.0 Å². The van der Waals surface area contributed by atoms with Gasteiger partial charge in [0, 0.05) is 6.04 Å². The normalized spacial score (nSPS) is 22.9. The van der Waals surface area contributed by atoms with Crippen molar-refractivity contribution in [1.82, 2.24) is 0 Å². The van der Waals surface area contributed by atoms with Gasteiger partial charge in [-0.3, -0.25) is 0 Å². The molecule has 2 N–H and O–H groups in total. The van der Waals surface area contributed by atoms with E-state index in [1.807, 2.05) is 0 Å². The number of hydrogen-bond donors (Lipinski definition) is 1. The zero-order valence-corrected chi connectivity index (χ0v) is 9.09. The molecule has 0 amide bonds. The monoisotopic (exact) mass is 189 g/mol. The van der Waals surface area contributed by atoms with Crippen LogP contribution in [0.25, 0.3) is 0 Å². The zero-order chi connectivity index (χ0) is 10.1. The number of fused-ring (bicyclic) bond motifs is 1. The topological polar surface area (TPSA) is 26.0 Å². The Morgan fingerprint density at radius 2 is 2.21 bits per heavy atom. The van der Waals surface area contributed by atoms with Crippen LogP contribution in [0.15, 0.2) is 18.2 Å². The van der Waals surface area contributed by atoms with Gasteiger partial charge in [0.25, 0.3) is 0 Å². The Labute approximate surface area is 86.3 Å². The Bertz CT molecular complexity index is 328. The van der Waals surface area contributed by atoms with Gasteiger partial charge in [-0.05, 0) is 50.2 Å². The largest absolute Gasteiger partial charge is 0.327 e. The first-order valence-electron chi connectivity index (χ1n) is 5.53. The number of aryl methyl sites for hydroxylation is 2. The van der Waals surface area contributed by atoms with E-state index in [0.717, 1.165) is 0 Å². The third-order valence-corrected chi connectivity index (χ3v) is 3.30. The first kappa shape index (κ1) is 9.72. The number of rotatable bonds is 1. The summed E-state index contributed by atoms with van der Waals surface area (Å²) in [6.45, 7) is 4.29. The SMILES string of the molecule is Cc1ccc2c(c1)C(C(C)N)CCC2. The fourth-order valence-electron chi connectivity index (χ4n) is 2.50. The highest BCUT2D eigenvalue weighted by molar-refractivity contribution is 5.36. The summed E-state index contributed by atoms with van der Waals surface area (Å²) in [5.41, 5.74) is 10.4. The molecule has 0 radical (unpaired) electrons. The molecule has 0 aromatic heterocycles. The van der Waals surface area contributed by atoms with Gasteiger partial charge in [-0.25, -0.2) is 0 Å². The van der Waals surface area contributed by atoms with Gasteiger partial charge in [-0.1, -0.05) is 23.8 Å². The van der Waals surface area contributed by atoms with E-state index < -0.39 is 0 Å². The van der Waals surface area contributed by atoms with E-state index in [9.17, 15) is 0 Å². The molecule has 0 heterocycles. The molecule has 1 aromatic rings. The van der Waals surface area contributed by atoms with Gasteiger partial charge in [0.15, 0.2) is 0 Å². The van der Waals surface area contributed by atoms with Crippen LogP contribution >= 0.6 is 0 Å². The number of hydrogen-bond acceptors (Lipinski definition) is 1. The molecule has 2 rings (SSSR count). The van der Waals surface area contributed by atoms with E-state index in [-0.39, 0.29) is 6.04 Å². The third kappa shape index (κ3) is 1.69. The second-order valence-electron chi connectivity index (χ2n) is 4.56. The molecule has 1 aliphatic rings. The van der Waals surface area contributed by atoms with Crippen molar-refractivity contribution in [3.63, 3.8) is 0 Å². The minimum Gasteiger partial charge on any atom is -0.327 e. The van der Waals surface area contributed by atoms with Crippen LogP contribution in [0, 0.1) is 6.92 Å². The summed E-state index contributed by atoms with van der Waals surface area (Å²) in [6.07, 6.45) is 3.79. The quantitative estimate of drug-likeness (QED) is 0.722. The van der Waals surface area contributed by atoms with Crippen LogP contribution in [0.2, 0.25) is 0 Å². The average Bonchev–Trinajstić information content (AvgIpc) is 2.16. The summed E-state index contributed by atoms with van der Waals surface area (Å²) in [7, 11) is 0. The van der Waals surface area contributed by atoms with Gasteiger partial charge in [-0.2, -0.15) is 0 Å². The molecule has 0 aliphatic heterocycles. The lowest BCUT2D eigenvalue weighted by Gasteiger charge is -2.28. The van der Waals surface area contributed by atoms with E-state index in [1.165, 1.54) is 36.0 Å². The molecule has 1 heteroatoms. The first-order valence-corrected chi connectivity index (χ1v) is 5.53. The Morgan fingerprint density at radius 1 is 1.43 bits per heavy atom. The highest BCUT2D eigenvalue weighted by Crippen LogP contribution is 2.33. The van der Waals surface area contributed by atoms with Crippen molar-refractivity contribution in [3.05, 3.63) is 34.9 Å². The Kier molecular flexibility index (Phi) is 2.60. The lowest BCUT2D eigenvalue weighted by molar-refractivity contribution is 0.485. The maximum atomic E-state index is 6.03. The minimum atomic E-state index is 0.288. The van der Waals surface area contributed by atoms with Crippen molar-refractivity contribution >= 4 is 0 Å². The van der Waals surface area contributed by atoms with Crippen molar-refractivity contribution in [1.29, 1.82) is 0 Å². The van der Waals surface area contributed by atoms with E-state index >= 15 is 0 Å². The van der Waals surface area contributed by atoms with Gasteiger partial charge in [0.1, 0.15) is 0 Å². The fraction of sp³-hybridized carbons (Fsp3) is 0.538. The predicted molar refractivity (Wildman–Crippen MR) is 60.5 cm³/mol. The maximum Gasteiger partial charge on any atom is 0.00794 e. The third-order valence-electron chi connectivity index (χ3n) is 3.30. The molecule has 1 nitrogen and oxygen atoms in total. The molecule has 1 aliphatic carbocycles.